The number of hydrogen-bond donors (Lipinski definition) is 1. The number of aliphatic hydroxyl groups is 1. The van der Waals surface area contributed by atoms with Crippen LogP contribution in [0.1, 0.15) is 32.1 Å². The van der Waals surface area contributed by atoms with Crippen molar-refractivity contribution in [3.8, 4) is 0 Å². The second-order valence-electron chi connectivity index (χ2n) is 5.62. The van der Waals surface area contributed by atoms with Crippen LogP contribution in [-0.4, -0.2) is 23.4 Å². The maximum absolute atomic E-state index is 10.8. The Hall–Kier alpha value is -0.600. The molecule has 1 heterocycles. The summed E-state index contributed by atoms with van der Waals surface area (Å²) in [6.07, 6.45) is 5.55. The molecule has 2 nitrogen and oxygen atoms in total. The smallest absolute Gasteiger partial charge is 0.0929 e. The average Bonchev–Trinajstić information content (AvgIpc) is 2.97. The van der Waals surface area contributed by atoms with Gasteiger partial charge in [0.05, 0.1) is 18.3 Å². The second kappa shape index (κ2) is 3.44. The van der Waals surface area contributed by atoms with E-state index in [0.717, 1.165) is 31.3 Å². The fourth-order valence-corrected chi connectivity index (χ4v) is 3.46. The van der Waals surface area contributed by atoms with Crippen LogP contribution in [-0.2, 0) is 4.74 Å². The molecule has 2 aliphatic carbocycles. The molecule has 88 valence electrons. The molecular weight excluding hydrogens is 200 g/mol. The summed E-state index contributed by atoms with van der Waals surface area (Å²) < 4.78 is 5.90. The van der Waals surface area contributed by atoms with Gasteiger partial charge in [0.1, 0.15) is 0 Å². The molecule has 0 bridgehead atoms. The van der Waals surface area contributed by atoms with Crippen molar-refractivity contribution in [1.29, 1.82) is 0 Å². The minimum absolute atomic E-state index is 0.197. The lowest BCUT2D eigenvalue weighted by atomic mass is 9.67. The molecule has 2 heteroatoms. The molecule has 0 radical (unpaired) electrons. The summed E-state index contributed by atoms with van der Waals surface area (Å²) in [5, 5.41) is 10.8. The van der Waals surface area contributed by atoms with E-state index in [4.69, 9.17) is 4.74 Å². The highest BCUT2D eigenvalue weighted by Gasteiger charge is 2.53. The van der Waals surface area contributed by atoms with Crippen molar-refractivity contribution in [2.24, 2.45) is 11.8 Å². The Morgan fingerprint density at radius 1 is 1.31 bits per heavy atom. The molecule has 0 amide bonds. The zero-order valence-electron chi connectivity index (χ0n) is 9.74. The first-order valence-electron chi connectivity index (χ1n) is 6.33. The van der Waals surface area contributed by atoms with Crippen LogP contribution in [0.5, 0.6) is 0 Å². The van der Waals surface area contributed by atoms with Gasteiger partial charge < -0.3 is 9.84 Å². The van der Waals surface area contributed by atoms with Crippen molar-refractivity contribution in [2.45, 2.75) is 43.8 Å². The van der Waals surface area contributed by atoms with Crippen molar-refractivity contribution in [3.63, 3.8) is 0 Å². The maximum atomic E-state index is 10.8. The molecule has 0 spiro atoms. The van der Waals surface area contributed by atoms with Crippen LogP contribution in [0.25, 0.3) is 0 Å². The summed E-state index contributed by atoms with van der Waals surface area (Å²) in [7, 11) is 0. The van der Waals surface area contributed by atoms with E-state index in [0.29, 0.717) is 12.5 Å². The largest absolute Gasteiger partial charge is 0.385 e. The molecule has 1 aliphatic heterocycles. The van der Waals surface area contributed by atoms with Crippen molar-refractivity contribution in [2.75, 3.05) is 6.61 Å². The molecule has 3 aliphatic rings. The molecule has 1 saturated heterocycles. The molecule has 1 N–H and O–H groups in total. The predicted molar refractivity (Wildman–Crippen MR) is 63.0 cm³/mol. The van der Waals surface area contributed by atoms with Crippen LogP contribution in [0.4, 0.5) is 0 Å². The van der Waals surface area contributed by atoms with Gasteiger partial charge in [0.15, 0.2) is 0 Å². The van der Waals surface area contributed by atoms with E-state index in [9.17, 15) is 5.11 Å². The first kappa shape index (κ1) is 10.5. The van der Waals surface area contributed by atoms with Gasteiger partial charge in [-0.25, -0.2) is 0 Å². The molecule has 0 unspecified atom stereocenters. The molecule has 3 rings (SSSR count). The van der Waals surface area contributed by atoms with E-state index in [-0.39, 0.29) is 12.0 Å². The van der Waals surface area contributed by atoms with Crippen LogP contribution in [0.15, 0.2) is 24.3 Å². The second-order valence-corrected chi connectivity index (χ2v) is 5.62. The Morgan fingerprint density at radius 3 is 2.75 bits per heavy atom. The minimum atomic E-state index is -0.649. The monoisotopic (exact) mass is 220 g/mol. The zero-order chi connectivity index (χ0) is 11.3. The van der Waals surface area contributed by atoms with E-state index in [1.807, 2.05) is 0 Å². The summed E-state index contributed by atoms with van der Waals surface area (Å²) in [4.78, 5) is 0. The highest BCUT2D eigenvalue weighted by molar-refractivity contribution is 5.28. The third-order valence-electron chi connectivity index (χ3n) is 4.64. The summed E-state index contributed by atoms with van der Waals surface area (Å²) in [6, 6.07) is 0. The minimum Gasteiger partial charge on any atom is -0.385 e. The molecule has 3 fully saturated rings. The number of ether oxygens (including phenoxy) is 1. The van der Waals surface area contributed by atoms with Gasteiger partial charge in [-0.3, -0.25) is 0 Å². The maximum Gasteiger partial charge on any atom is 0.0929 e. The molecule has 0 aromatic heterocycles. The van der Waals surface area contributed by atoms with E-state index in [1.54, 1.807) is 0 Å². The van der Waals surface area contributed by atoms with E-state index >= 15 is 0 Å². The fourth-order valence-electron chi connectivity index (χ4n) is 3.46. The summed E-state index contributed by atoms with van der Waals surface area (Å²) in [6.45, 7) is 8.55. The lowest BCUT2D eigenvalue weighted by Crippen LogP contribution is -2.54. The Kier molecular flexibility index (Phi) is 2.27. The quantitative estimate of drug-likeness (QED) is 0.688. The normalized spacial score (nSPS) is 47.7. The van der Waals surface area contributed by atoms with Crippen LogP contribution < -0.4 is 0 Å². The SMILES string of the molecule is C=C1C[C@H]1[C@@H]1OCC(=C)[C@]2(O)CCCC[C@H]12. The predicted octanol–water partition coefficient (Wildman–Crippen LogP) is 2.44. The van der Waals surface area contributed by atoms with Gasteiger partial charge in [-0.15, -0.1) is 0 Å². The summed E-state index contributed by atoms with van der Waals surface area (Å²) in [5.74, 6) is 0.759. The fraction of sp³-hybridized carbons (Fsp3) is 0.714. The Bertz CT molecular complexity index is 347. The molecule has 2 saturated carbocycles. The van der Waals surface area contributed by atoms with Gasteiger partial charge in [-0.05, 0) is 24.8 Å². The Labute approximate surface area is 97.0 Å². The highest BCUT2D eigenvalue weighted by Crippen LogP contribution is 2.52. The number of fused-ring (bicyclic) bond motifs is 1. The van der Waals surface area contributed by atoms with E-state index in [1.165, 1.54) is 12.0 Å². The van der Waals surface area contributed by atoms with Gasteiger partial charge in [-0.2, -0.15) is 0 Å². The van der Waals surface area contributed by atoms with Gasteiger partial charge in [0, 0.05) is 11.8 Å². The van der Waals surface area contributed by atoms with E-state index in [2.05, 4.69) is 13.2 Å². The summed E-state index contributed by atoms with van der Waals surface area (Å²) >= 11 is 0. The Morgan fingerprint density at radius 2 is 2.06 bits per heavy atom. The molecular formula is C14H20O2. The van der Waals surface area contributed by atoms with Gasteiger partial charge in [0.25, 0.3) is 0 Å². The third-order valence-corrected chi connectivity index (χ3v) is 4.64. The van der Waals surface area contributed by atoms with Gasteiger partial charge in [-0.1, -0.05) is 31.6 Å². The van der Waals surface area contributed by atoms with Crippen molar-refractivity contribution in [1.82, 2.24) is 0 Å². The van der Waals surface area contributed by atoms with Crippen LogP contribution in [0, 0.1) is 11.8 Å². The summed E-state index contributed by atoms with van der Waals surface area (Å²) in [5.41, 5.74) is 1.54. The lowest BCUT2D eigenvalue weighted by molar-refractivity contribution is -0.136. The number of hydrogen-bond acceptors (Lipinski definition) is 2. The van der Waals surface area contributed by atoms with Crippen molar-refractivity contribution in [3.05, 3.63) is 24.3 Å². The van der Waals surface area contributed by atoms with E-state index < -0.39 is 5.60 Å². The van der Waals surface area contributed by atoms with Crippen LogP contribution in [0.3, 0.4) is 0 Å². The average molecular weight is 220 g/mol. The van der Waals surface area contributed by atoms with Gasteiger partial charge >= 0.3 is 0 Å². The van der Waals surface area contributed by atoms with Gasteiger partial charge in [0.2, 0.25) is 0 Å². The number of rotatable bonds is 1. The van der Waals surface area contributed by atoms with Crippen LogP contribution >= 0.6 is 0 Å². The third kappa shape index (κ3) is 1.40. The molecule has 0 aromatic rings. The first-order valence-corrected chi connectivity index (χ1v) is 6.33. The Balaban J connectivity index is 1.87. The molecule has 0 aromatic carbocycles. The lowest BCUT2D eigenvalue weighted by Gasteiger charge is -2.49. The van der Waals surface area contributed by atoms with Crippen molar-refractivity contribution >= 4 is 0 Å². The topological polar surface area (TPSA) is 29.5 Å². The first-order chi connectivity index (χ1) is 7.63. The molecule has 16 heavy (non-hydrogen) atoms. The standard InChI is InChI=1S/C14H20O2/c1-9-7-11(9)13-12-5-3-4-6-14(12,15)10(2)8-16-13/h11-13,15H,1-8H2/t11-,12-,13+,14-/m1/s1. The molecule has 4 atom stereocenters. The van der Waals surface area contributed by atoms with Crippen molar-refractivity contribution < 1.29 is 9.84 Å². The van der Waals surface area contributed by atoms with Crippen LogP contribution in [0.2, 0.25) is 0 Å². The highest BCUT2D eigenvalue weighted by atomic mass is 16.5. The zero-order valence-corrected chi connectivity index (χ0v) is 9.74.